The number of fused-ring (bicyclic) bond motifs is 12. The Labute approximate surface area is 264 Å². The molecule has 0 radical (unpaired) electrons. The van der Waals surface area contributed by atoms with Crippen LogP contribution in [-0.4, -0.2) is 24.5 Å². The van der Waals surface area contributed by atoms with E-state index in [-0.39, 0.29) is 0 Å². The molecule has 10 aromatic rings. The van der Waals surface area contributed by atoms with Gasteiger partial charge in [-0.1, -0.05) is 97.1 Å². The number of aromatic nitrogens is 5. The maximum absolute atomic E-state index is 5.21. The third-order valence-corrected chi connectivity index (χ3v) is 11.0. The van der Waals surface area contributed by atoms with Crippen LogP contribution in [0.1, 0.15) is 0 Å². The number of rotatable bonds is 3. The van der Waals surface area contributed by atoms with Crippen molar-refractivity contribution in [2.75, 3.05) is 0 Å². The zero-order chi connectivity index (χ0) is 29.5. The average Bonchev–Trinajstić information content (AvgIpc) is 3.79. The van der Waals surface area contributed by atoms with Crippen LogP contribution >= 0.6 is 22.7 Å². The standard InChI is InChI=1S/C38H21N5S2/c1-3-12-22(13-4-1)35-40-36(23-14-5-2-6-15-23)42-38(41-35)43-27-19-9-7-16-24(27)29-30-26-18-11-21-39-37(26)45-33(30)34-31(32(29)43)25-17-8-10-20-28(25)44-34/h1-21H. The van der Waals surface area contributed by atoms with E-state index in [0.29, 0.717) is 17.6 Å². The first-order valence-corrected chi connectivity index (χ1v) is 16.4. The van der Waals surface area contributed by atoms with Gasteiger partial charge in [0.2, 0.25) is 5.95 Å². The van der Waals surface area contributed by atoms with Crippen molar-refractivity contribution in [1.29, 1.82) is 0 Å². The van der Waals surface area contributed by atoms with Crippen LogP contribution in [0, 0.1) is 0 Å². The molecule has 0 aliphatic rings. The van der Waals surface area contributed by atoms with Gasteiger partial charge in [-0.15, -0.1) is 22.7 Å². The van der Waals surface area contributed by atoms with Crippen molar-refractivity contribution in [3.8, 4) is 28.7 Å². The minimum atomic E-state index is 0.600. The normalized spacial score (nSPS) is 12.0. The second-order valence-corrected chi connectivity index (χ2v) is 13.1. The minimum absolute atomic E-state index is 0.600. The predicted octanol–water partition coefficient (Wildman–Crippen LogP) is 10.4. The molecular formula is C38H21N5S2. The van der Waals surface area contributed by atoms with E-state index in [4.69, 9.17) is 19.9 Å². The van der Waals surface area contributed by atoms with Gasteiger partial charge in [-0.25, -0.2) is 9.97 Å². The van der Waals surface area contributed by atoms with Crippen molar-refractivity contribution in [3.63, 3.8) is 0 Å². The molecule has 10 rings (SSSR count). The highest BCUT2D eigenvalue weighted by Gasteiger charge is 2.26. The summed E-state index contributed by atoms with van der Waals surface area (Å²) in [5, 5.41) is 7.26. The first-order chi connectivity index (χ1) is 22.3. The Morgan fingerprint density at radius 1 is 0.489 bits per heavy atom. The molecule has 5 nitrogen and oxygen atoms in total. The summed E-state index contributed by atoms with van der Waals surface area (Å²) < 4.78 is 6.08. The van der Waals surface area contributed by atoms with Crippen LogP contribution in [0.3, 0.4) is 0 Å². The van der Waals surface area contributed by atoms with Crippen LogP contribution in [0.15, 0.2) is 128 Å². The molecule has 5 aromatic carbocycles. The number of benzene rings is 5. The second-order valence-electron chi connectivity index (χ2n) is 11.1. The molecule has 0 aliphatic carbocycles. The number of pyridine rings is 1. The molecule has 0 saturated carbocycles. The van der Waals surface area contributed by atoms with Crippen molar-refractivity contribution in [1.82, 2.24) is 24.5 Å². The summed E-state index contributed by atoms with van der Waals surface area (Å²) in [5.74, 6) is 1.88. The number of thiophene rings is 2. The fourth-order valence-corrected chi connectivity index (χ4v) is 9.11. The second kappa shape index (κ2) is 9.50. The van der Waals surface area contributed by atoms with Crippen molar-refractivity contribution in [2.45, 2.75) is 0 Å². The third-order valence-electron chi connectivity index (χ3n) is 8.52. The summed E-state index contributed by atoms with van der Waals surface area (Å²) in [7, 11) is 0. The van der Waals surface area contributed by atoms with E-state index in [1.165, 1.54) is 46.4 Å². The van der Waals surface area contributed by atoms with E-state index < -0.39 is 0 Å². The average molecular weight is 612 g/mol. The molecule has 0 amide bonds. The third kappa shape index (κ3) is 3.59. The Kier molecular flexibility index (Phi) is 5.25. The summed E-state index contributed by atoms with van der Waals surface area (Å²) in [4.78, 5) is 21.3. The highest BCUT2D eigenvalue weighted by Crippen LogP contribution is 2.51. The molecule has 0 N–H and O–H groups in total. The van der Waals surface area contributed by atoms with Crippen LogP contribution in [0.25, 0.3) is 91.0 Å². The van der Waals surface area contributed by atoms with Gasteiger partial charge in [0.05, 0.1) is 20.4 Å². The zero-order valence-electron chi connectivity index (χ0n) is 23.7. The van der Waals surface area contributed by atoms with E-state index in [1.807, 2.05) is 60.0 Å². The highest BCUT2D eigenvalue weighted by atomic mass is 32.1. The maximum atomic E-state index is 5.21. The van der Waals surface area contributed by atoms with Crippen LogP contribution in [0.5, 0.6) is 0 Å². The smallest absolute Gasteiger partial charge is 0.238 e. The van der Waals surface area contributed by atoms with Gasteiger partial charge < -0.3 is 0 Å². The lowest BCUT2D eigenvalue weighted by molar-refractivity contribution is 0.955. The molecule has 7 heteroatoms. The van der Waals surface area contributed by atoms with E-state index in [2.05, 4.69) is 83.4 Å². The van der Waals surface area contributed by atoms with Gasteiger partial charge >= 0.3 is 0 Å². The molecule has 210 valence electrons. The molecular weight excluding hydrogens is 591 g/mol. The quantitative estimate of drug-likeness (QED) is 0.199. The van der Waals surface area contributed by atoms with Gasteiger partial charge in [0.25, 0.3) is 0 Å². The maximum Gasteiger partial charge on any atom is 0.238 e. The lowest BCUT2D eigenvalue weighted by Gasteiger charge is -2.11. The molecule has 45 heavy (non-hydrogen) atoms. The van der Waals surface area contributed by atoms with E-state index in [1.54, 1.807) is 11.3 Å². The predicted molar refractivity (Wildman–Crippen MR) is 189 cm³/mol. The van der Waals surface area contributed by atoms with Gasteiger partial charge in [0.15, 0.2) is 11.6 Å². The van der Waals surface area contributed by atoms with Crippen molar-refractivity contribution < 1.29 is 0 Å². The molecule has 0 spiro atoms. The van der Waals surface area contributed by atoms with Crippen molar-refractivity contribution in [3.05, 3.63) is 128 Å². The van der Waals surface area contributed by atoms with Gasteiger partial charge in [0, 0.05) is 54.3 Å². The molecule has 0 saturated heterocycles. The summed E-state index contributed by atoms with van der Waals surface area (Å²) in [6, 6.07) is 41.9. The Bertz CT molecular complexity index is 2700. The molecule has 5 heterocycles. The molecule has 0 atom stereocenters. The molecule has 0 unspecified atom stereocenters. The summed E-state index contributed by atoms with van der Waals surface area (Å²) in [5.41, 5.74) is 4.07. The van der Waals surface area contributed by atoms with Gasteiger partial charge in [0.1, 0.15) is 4.83 Å². The number of nitrogens with zero attached hydrogens (tertiary/aromatic N) is 5. The minimum Gasteiger partial charge on any atom is -0.277 e. The monoisotopic (exact) mass is 611 g/mol. The number of hydrogen-bond acceptors (Lipinski definition) is 6. The molecule has 0 fully saturated rings. The summed E-state index contributed by atoms with van der Waals surface area (Å²) in [6.07, 6.45) is 1.89. The topological polar surface area (TPSA) is 56.5 Å². The Hall–Kier alpha value is -5.50. The summed E-state index contributed by atoms with van der Waals surface area (Å²) >= 11 is 3.63. The van der Waals surface area contributed by atoms with Crippen LogP contribution in [0.2, 0.25) is 0 Å². The highest BCUT2D eigenvalue weighted by molar-refractivity contribution is 7.33. The zero-order valence-corrected chi connectivity index (χ0v) is 25.3. The van der Waals surface area contributed by atoms with E-state index >= 15 is 0 Å². The largest absolute Gasteiger partial charge is 0.277 e. The summed E-state index contributed by atoms with van der Waals surface area (Å²) in [6.45, 7) is 0. The van der Waals surface area contributed by atoms with Gasteiger partial charge in [-0.05, 0) is 24.3 Å². The SMILES string of the molecule is c1ccc(-c2nc(-c3ccccc3)nc(-n3c4ccccc4c4c5c6cccnc6sc5c5sc6ccccc6c5c43)n2)cc1. The Morgan fingerprint density at radius 3 is 1.87 bits per heavy atom. The van der Waals surface area contributed by atoms with Crippen molar-refractivity contribution in [2.24, 2.45) is 0 Å². The van der Waals surface area contributed by atoms with Crippen LogP contribution in [0.4, 0.5) is 0 Å². The molecule has 0 bridgehead atoms. The number of hydrogen-bond donors (Lipinski definition) is 0. The van der Waals surface area contributed by atoms with Crippen LogP contribution in [-0.2, 0) is 0 Å². The first kappa shape index (κ1) is 24.9. The molecule has 0 aliphatic heterocycles. The lowest BCUT2D eigenvalue weighted by Crippen LogP contribution is -2.06. The first-order valence-electron chi connectivity index (χ1n) is 14.7. The lowest BCUT2D eigenvalue weighted by atomic mass is 10.0. The van der Waals surface area contributed by atoms with E-state index in [0.717, 1.165) is 27.0 Å². The Morgan fingerprint density at radius 2 is 1.11 bits per heavy atom. The number of para-hydroxylation sites is 1. The van der Waals surface area contributed by atoms with Crippen LogP contribution < -0.4 is 0 Å². The fourth-order valence-electron chi connectivity index (χ4n) is 6.62. The van der Waals surface area contributed by atoms with Gasteiger partial charge in [-0.2, -0.15) is 9.97 Å². The van der Waals surface area contributed by atoms with Crippen molar-refractivity contribution >= 4 is 85.0 Å². The fraction of sp³-hybridized carbons (Fsp3) is 0. The van der Waals surface area contributed by atoms with E-state index in [9.17, 15) is 0 Å². The molecule has 5 aromatic heterocycles. The Balaban J connectivity index is 1.46. The van der Waals surface area contributed by atoms with Gasteiger partial charge in [-0.3, -0.25) is 4.57 Å².